The van der Waals surface area contributed by atoms with Gasteiger partial charge in [-0.3, -0.25) is 9.59 Å². The van der Waals surface area contributed by atoms with E-state index in [0.29, 0.717) is 31.6 Å². The van der Waals surface area contributed by atoms with E-state index in [-0.39, 0.29) is 11.8 Å². The average Bonchev–Trinajstić information content (AvgIpc) is 3.16. The maximum Gasteiger partial charge on any atom is 0.267 e. The van der Waals surface area contributed by atoms with E-state index in [2.05, 4.69) is 39.4 Å². The summed E-state index contributed by atoms with van der Waals surface area (Å²) in [7, 11) is 0. The number of carbonyl (C=O) groups is 2. The van der Waals surface area contributed by atoms with Gasteiger partial charge < -0.3 is 9.88 Å². The average molecular weight is 388 g/mol. The van der Waals surface area contributed by atoms with Crippen molar-refractivity contribution in [3.05, 3.63) is 72.4 Å². The number of fused-ring (bicyclic) bond motifs is 1. The maximum atomic E-state index is 12.5. The first-order chi connectivity index (χ1) is 14.2. The van der Waals surface area contributed by atoms with E-state index in [9.17, 15) is 9.59 Å². The zero-order valence-corrected chi connectivity index (χ0v) is 16.3. The van der Waals surface area contributed by atoms with E-state index in [1.165, 1.54) is 15.9 Å². The fourth-order valence-corrected chi connectivity index (χ4v) is 3.53. The highest BCUT2D eigenvalue weighted by Gasteiger charge is 2.24. The number of amides is 2. The fraction of sp³-hybridized carbons (Fsp3) is 0.261. The molecule has 29 heavy (non-hydrogen) atoms. The van der Waals surface area contributed by atoms with Gasteiger partial charge in [0, 0.05) is 37.6 Å². The number of hydrogen-bond donors (Lipinski definition) is 1. The minimum Gasteiger partial charge on any atom is -0.351 e. The highest BCUT2D eigenvalue weighted by Crippen LogP contribution is 2.16. The second kappa shape index (κ2) is 8.73. The van der Waals surface area contributed by atoms with E-state index >= 15 is 0 Å². The van der Waals surface area contributed by atoms with Crippen molar-refractivity contribution in [3.8, 4) is 0 Å². The molecule has 1 aromatic heterocycles. The molecule has 6 nitrogen and oxygen atoms in total. The highest BCUT2D eigenvalue weighted by atomic mass is 16.2. The van der Waals surface area contributed by atoms with E-state index in [1.807, 2.05) is 42.5 Å². The van der Waals surface area contributed by atoms with Crippen LogP contribution in [0.2, 0.25) is 0 Å². The lowest BCUT2D eigenvalue weighted by Gasteiger charge is -2.23. The summed E-state index contributed by atoms with van der Waals surface area (Å²) < 4.78 is 2.19. The molecule has 3 aromatic rings. The molecule has 2 heterocycles. The van der Waals surface area contributed by atoms with Crippen LogP contribution in [0.15, 0.2) is 72.0 Å². The molecule has 0 fully saturated rings. The van der Waals surface area contributed by atoms with Gasteiger partial charge in [-0.05, 0) is 29.5 Å². The van der Waals surface area contributed by atoms with Crippen molar-refractivity contribution in [2.45, 2.75) is 32.4 Å². The quantitative estimate of drug-likeness (QED) is 0.631. The van der Waals surface area contributed by atoms with Gasteiger partial charge in [0.15, 0.2) is 0 Å². The van der Waals surface area contributed by atoms with Crippen LogP contribution in [0.5, 0.6) is 0 Å². The molecule has 0 atom stereocenters. The topological polar surface area (TPSA) is 66.7 Å². The molecule has 2 amide bonds. The van der Waals surface area contributed by atoms with Crippen LogP contribution in [0.3, 0.4) is 0 Å². The second-order valence-electron chi connectivity index (χ2n) is 7.16. The first-order valence-corrected chi connectivity index (χ1v) is 9.94. The van der Waals surface area contributed by atoms with Gasteiger partial charge in [-0.25, -0.2) is 5.01 Å². The molecule has 1 aliphatic heterocycles. The first kappa shape index (κ1) is 18.9. The van der Waals surface area contributed by atoms with Gasteiger partial charge in [0.1, 0.15) is 5.71 Å². The number of hydrogen-bond acceptors (Lipinski definition) is 3. The largest absolute Gasteiger partial charge is 0.351 e. The third kappa shape index (κ3) is 4.54. The number of nitrogens with zero attached hydrogens (tertiary/aromatic N) is 3. The van der Waals surface area contributed by atoms with Crippen LogP contribution in [-0.2, 0) is 22.7 Å². The lowest BCUT2D eigenvalue weighted by molar-refractivity contribution is -0.132. The molecule has 0 spiro atoms. The lowest BCUT2D eigenvalue weighted by atomic mass is 10.1. The summed E-state index contributed by atoms with van der Waals surface area (Å²) in [5.74, 6) is -0.238. The van der Waals surface area contributed by atoms with Crippen LogP contribution >= 0.6 is 0 Å². The summed E-state index contributed by atoms with van der Waals surface area (Å²) in [5.41, 5.74) is 2.61. The SMILES string of the molecule is O=C(NCCCn1ccc2ccccc21)C1=NN(Cc2ccccc2)C(=O)CC1. The molecule has 148 valence electrons. The minimum atomic E-state index is -0.187. The molecular formula is C23H24N4O2. The number of carbonyl (C=O) groups excluding carboxylic acids is 2. The summed E-state index contributed by atoms with van der Waals surface area (Å²) >= 11 is 0. The van der Waals surface area contributed by atoms with Crippen molar-refractivity contribution in [1.82, 2.24) is 14.9 Å². The normalized spacial score (nSPS) is 14.1. The van der Waals surface area contributed by atoms with Crippen LogP contribution < -0.4 is 5.32 Å². The van der Waals surface area contributed by atoms with Crippen LogP contribution in [0, 0.1) is 0 Å². The second-order valence-corrected chi connectivity index (χ2v) is 7.16. The molecular weight excluding hydrogens is 364 g/mol. The van der Waals surface area contributed by atoms with Gasteiger partial charge in [0.25, 0.3) is 5.91 Å². The van der Waals surface area contributed by atoms with Gasteiger partial charge in [0.2, 0.25) is 5.91 Å². The fourth-order valence-electron chi connectivity index (χ4n) is 3.53. The first-order valence-electron chi connectivity index (χ1n) is 9.94. The van der Waals surface area contributed by atoms with Gasteiger partial charge in [0.05, 0.1) is 6.54 Å². The Morgan fingerprint density at radius 3 is 2.66 bits per heavy atom. The van der Waals surface area contributed by atoms with Gasteiger partial charge in [-0.15, -0.1) is 0 Å². The van der Waals surface area contributed by atoms with Crippen molar-refractivity contribution in [3.63, 3.8) is 0 Å². The molecule has 1 N–H and O–H groups in total. The summed E-state index contributed by atoms with van der Waals surface area (Å²) in [4.78, 5) is 24.6. The number of nitrogens with one attached hydrogen (secondary N) is 1. The van der Waals surface area contributed by atoms with Crippen molar-refractivity contribution in [1.29, 1.82) is 0 Å². The smallest absolute Gasteiger partial charge is 0.267 e. The molecule has 0 saturated heterocycles. The summed E-state index contributed by atoms with van der Waals surface area (Å²) in [6.45, 7) is 1.78. The van der Waals surface area contributed by atoms with Gasteiger partial charge in [-0.1, -0.05) is 48.5 Å². The molecule has 0 radical (unpaired) electrons. The Bertz CT molecular complexity index is 1040. The zero-order chi connectivity index (χ0) is 20.1. The number of benzene rings is 2. The molecule has 1 aliphatic rings. The number of para-hydroxylation sites is 1. The predicted octanol–water partition coefficient (Wildman–Crippen LogP) is 3.33. The zero-order valence-electron chi connectivity index (χ0n) is 16.3. The standard InChI is InChI=1S/C23H24N4O2/c28-22-12-11-20(25-27(22)17-18-7-2-1-3-8-18)23(29)24-14-6-15-26-16-13-19-9-4-5-10-21(19)26/h1-5,7-10,13,16H,6,11-12,14-15,17H2,(H,24,29). The summed E-state index contributed by atoms with van der Waals surface area (Å²) in [5, 5.41) is 9.87. The minimum absolute atomic E-state index is 0.0510. The van der Waals surface area contributed by atoms with Gasteiger partial charge >= 0.3 is 0 Å². The number of aryl methyl sites for hydroxylation is 1. The van der Waals surface area contributed by atoms with Crippen LogP contribution in [0.4, 0.5) is 0 Å². The molecule has 0 aliphatic carbocycles. The molecule has 2 aromatic carbocycles. The highest BCUT2D eigenvalue weighted by molar-refractivity contribution is 6.39. The third-order valence-electron chi connectivity index (χ3n) is 5.08. The van der Waals surface area contributed by atoms with E-state index < -0.39 is 0 Å². The number of rotatable bonds is 7. The van der Waals surface area contributed by atoms with Crippen molar-refractivity contribution >= 4 is 28.4 Å². The van der Waals surface area contributed by atoms with Crippen molar-refractivity contribution in [2.75, 3.05) is 6.54 Å². The monoisotopic (exact) mass is 388 g/mol. The van der Waals surface area contributed by atoms with Crippen molar-refractivity contribution in [2.24, 2.45) is 5.10 Å². The van der Waals surface area contributed by atoms with Crippen LogP contribution in [0.1, 0.15) is 24.8 Å². The Morgan fingerprint density at radius 2 is 1.79 bits per heavy atom. The Morgan fingerprint density at radius 1 is 1.00 bits per heavy atom. The lowest BCUT2D eigenvalue weighted by Crippen LogP contribution is -2.39. The predicted molar refractivity (Wildman–Crippen MR) is 113 cm³/mol. The number of aromatic nitrogens is 1. The third-order valence-corrected chi connectivity index (χ3v) is 5.08. The van der Waals surface area contributed by atoms with Crippen LogP contribution in [-0.4, -0.2) is 33.6 Å². The molecule has 0 saturated carbocycles. The number of hydrazone groups is 1. The molecule has 0 unspecified atom stereocenters. The summed E-state index contributed by atoms with van der Waals surface area (Å²) in [6.07, 6.45) is 3.60. The van der Waals surface area contributed by atoms with E-state index in [4.69, 9.17) is 0 Å². The Labute approximate surface area is 169 Å². The van der Waals surface area contributed by atoms with Gasteiger partial charge in [-0.2, -0.15) is 5.10 Å². The molecule has 6 heteroatoms. The maximum absolute atomic E-state index is 12.5. The molecule has 0 bridgehead atoms. The van der Waals surface area contributed by atoms with E-state index in [0.717, 1.165) is 18.5 Å². The molecule has 4 rings (SSSR count). The summed E-state index contributed by atoms with van der Waals surface area (Å²) in [6, 6.07) is 20.0. The van der Waals surface area contributed by atoms with E-state index in [1.54, 1.807) is 0 Å². The van der Waals surface area contributed by atoms with Crippen molar-refractivity contribution < 1.29 is 9.59 Å². The van der Waals surface area contributed by atoms with Crippen LogP contribution in [0.25, 0.3) is 10.9 Å². The Balaban J connectivity index is 1.30. The Kier molecular flexibility index (Phi) is 5.70. The Hall–Kier alpha value is -3.41.